The summed E-state index contributed by atoms with van der Waals surface area (Å²) in [5.41, 5.74) is 0. The molecule has 0 aliphatic carbocycles. The summed E-state index contributed by atoms with van der Waals surface area (Å²) < 4.78 is 60.1. The third kappa shape index (κ3) is 10.1. The highest BCUT2D eigenvalue weighted by Gasteiger charge is 2.31. The lowest BCUT2D eigenvalue weighted by Gasteiger charge is -2.20. The minimum absolute atomic E-state index is 0.296. The Morgan fingerprint density at radius 1 is 0.500 bits per heavy atom. The number of hydrogen-bond acceptors (Lipinski definition) is 8. The quantitative estimate of drug-likeness (QED) is 0.114. The predicted molar refractivity (Wildman–Crippen MR) is 153 cm³/mol. The fourth-order valence-electron chi connectivity index (χ4n) is 3.92. The van der Waals surface area contributed by atoms with Crippen molar-refractivity contribution < 1.29 is 36.7 Å². The smallest absolute Gasteiger partial charge is 0.365 e. The average molecular weight is 571 g/mol. The van der Waals surface area contributed by atoms with Crippen molar-refractivity contribution in [1.82, 2.24) is 0 Å². The monoisotopic (exact) mass is 570 g/mol. The van der Waals surface area contributed by atoms with E-state index in [2.05, 4.69) is 0 Å². The Bertz CT molecular complexity index is 928. The largest absolute Gasteiger partial charge is 0.493 e. The Morgan fingerprint density at radius 2 is 0.816 bits per heavy atom. The molecule has 10 heteroatoms. The van der Waals surface area contributed by atoms with E-state index < -0.39 is 15.2 Å². The molecule has 2 rings (SSSR count). The number of para-hydroxylation sites is 2. The second-order valence-corrected chi connectivity index (χ2v) is 12.4. The Morgan fingerprint density at radius 3 is 1.16 bits per heavy atom. The molecule has 0 spiro atoms. The Balaban J connectivity index is 1.70. The first kappa shape index (κ1) is 32.6. The van der Waals surface area contributed by atoms with Gasteiger partial charge in [-0.1, -0.05) is 49.9 Å². The van der Waals surface area contributed by atoms with E-state index in [0.29, 0.717) is 61.7 Å². The molecule has 0 N–H and O–H groups in total. The van der Waals surface area contributed by atoms with Gasteiger partial charge in [-0.25, -0.2) is 0 Å². The number of ether oxygens (including phenoxy) is 2. The van der Waals surface area contributed by atoms with Crippen LogP contribution in [0.2, 0.25) is 0 Å². The van der Waals surface area contributed by atoms with Gasteiger partial charge in [0, 0.05) is 0 Å². The maximum Gasteiger partial charge on any atom is 0.365 e. The molecule has 0 aliphatic rings. The van der Waals surface area contributed by atoms with Crippen LogP contribution in [0.5, 0.6) is 11.5 Å². The molecule has 0 amide bonds. The summed E-state index contributed by atoms with van der Waals surface area (Å²) in [5, 5.41) is 0.952. The molecule has 0 aromatic heterocycles. The Labute approximate surface area is 228 Å². The van der Waals surface area contributed by atoms with E-state index in [-0.39, 0.29) is 0 Å². The van der Waals surface area contributed by atoms with E-state index in [1.807, 2.05) is 24.3 Å². The number of hydrogen-bond donors (Lipinski definition) is 0. The standard InChI is InChI=1S/C28H44O8P2/c1-5-33-37(29,34-6-2)27-21-15-13-19-25(27)31-23-17-11-9-10-12-18-24-32-26-20-14-16-22-28(26)38(30,35-7-3)36-8-4/h13-16,19-22H,5-12,17-18,23-24H2,1-4H3. The molecule has 2 aromatic rings. The molecule has 0 fully saturated rings. The van der Waals surface area contributed by atoms with Crippen molar-refractivity contribution in [2.24, 2.45) is 0 Å². The second kappa shape index (κ2) is 17.8. The van der Waals surface area contributed by atoms with Gasteiger partial charge in [-0.2, -0.15) is 0 Å². The van der Waals surface area contributed by atoms with Crippen molar-refractivity contribution in [1.29, 1.82) is 0 Å². The van der Waals surface area contributed by atoms with Crippen LogP contribution in [-0.4, -0.2) is 39.6 Å². The van der Waals surface area contributed by atoms with Gasteiger partial charge in [-0.05, 0) is 64.8 Å². The summed E-state index contributed by atoms with van der Waals surface area (Å²) in [6.07, 6.45) is 6.04. The molecule has 38 heavy (non-hydrogen) atoms. The zero-order valence-electron chi connectivity index (χ0n) is 23.3. The van der Waals surface area contributed by atoms with E-state index in [1.165, 1.54) is 0 Å². The minimum Gasteiger partial charge on any atom is -0.493 e. The normalized spacial score (nSPS) is 12.0. The van der Waals surface area contributed by atoms with Crippen LogP contribution in [0.25, 0.3) is 0 Å². The summed E-state index contributed by atoms with van der Waals surface area (Å²) >= 11 is 0. The molecular weight excluding hydrogens is 526 g/mol. The fourth-order valence-corrected chi connectivity index (χ4v) is 7.34. The summed E-state index contributed by atoms with van der Waals surface area (Å²) in [4.78, 5) is 0. The summed E-state index contributed by atoms with van der Waals surface area (Å²) in [6.45, 7) is 9.44. The van der Waals surface area contributed by atoms with Gasteiger partial charge in [0.2, 0.25) is 0 Å². The third-order valence-electron chi connectivity index (χ3n) is 5.57. The lowest BCUT2D eigenvalue weighted by atomic mass is 10.1. The summed E-state index contributed by atoms with van der Waals surface area (Å²) in [5.74, 6) is 1.10. The molecule has 0 aliphatic heterocycles. The molecule has 0 bridgehead atoms. The fraction of sp³-hybridized carbons (Fsp3) is 0.571. The lowest BCUT2D eigenvalue weighted by molar-refractivity contribution is 0.227. The summed E-state index contributed by atoms with van der Waals surface area (Å²) in [6, 6.07) is 14.4. The van der Waals surface area contributed by atoms with Crippen LogP contribution in [0.15, 0.2) is 48.5 Å². The van der Waals surface area contributed by atoms with Crippen molar-refractivity contribution in [3.8, 4) is 11.5 Å². The van der Waals surface area contributed by atoms with E-state index in [4.69, 9.17) is 27.6 Å². The van der Waals surface area contributed by atoms with Crippen LogP contribution < -0.4 is 20.1 Å². The average Bonchev–Trinajstić information content (AvgIpc) is 2.91. The first-order valence-electron chi connectivity index (χ1n) is 13.7. The third-order valence-corrected chi connectivity index (χ3v) is 9.88. The van der Waals surface area contributed by atoms with E-state index in [9.17, 15) is 9.13 Å². The van der Waals surface area contributed by atoms with Crippen LogP contribution in [0.1, 0.15) is 66.2 Å². The molecule has 0 atom stereocenters. The maximum absolute atomic E-state index is 13.2. The van der Waals surface area contributed by atoms with Crippen molar-refractivity contribution in [3.05, 3.63) is 48.5 Å². The maximum atomic E-state index is 13.2. The molecule has 0 heterocycles. The molecule has 214 valence electrons. The lowest BCUT2D eigenvalue weighted by Crippen LogP contribution is -2.15. The van der Waals surface area contributed by atoms with Crippen molar-refractivity contribution >= 4 is 25.8 Å². The molecule has 8 nitrogen and oxygen atoms in total. The van der Waals surface area contributed by atoms with Gasteiger partial charge < -0.3 is 27.6 Å². The highest BCUT2D eigenvalue weighted by Crippen LogP contribution is 2.50. The minimum atomic E-state index is -3.40. The highest BCUT2D eigenvalue weighted by atomic mass is 31.2. The first-order chi connectivity index (χ1) is 18.4. The van der Waals surface area contributed by atoms with Gasteiger partial charge in [0.05, 0.1) is 39.6 Å². The number of rotatable bonds is 21. The molecular formula is C28H44O8P2. The van der Waals surface area contributed by atoms with E-state index >= 15 is 0 Å². The van der Waals surface area contributed by atoms with Crippen LogP contribution in [-0.2, 0) is 27.2 Å². The van der Waals surface area contributed by atoms with Gasteiger partial charge in [0.1, 0.15) is 22.1 Å². The summed E-state index contributed by atoms with van der Waals surface area (Å²) in [7, 11) is -6.79. The molecule has 0 saturated carbocycles. The first-order valence-corrected chi connectivity index (χ1v) is 16.8. The molecule has 0 unspecified atom stereocenters. The van der Waals surface area contributed by atoms with E-state index in [1.54, 1.807) is 52.0 Å². The number of unbranched alkanes of at least 4 members (excludes halogenated alkanes) is 5. The zero-order valence-corrected chi connectivity index (χ0v) is 25.1. The van der Waals surface area contributed by atoms with Crippen molar-refractivity contribution in [2.75, 3.05) is 39.6 Å². The SMILES string of the molecule is CCOP(=O)(OCC)c1ccccc1OCCCCCCCCOc1ccccc1P(=O)(OCC)OCC. The van der Waals surface area contributed by atoms with Crippen LogP contribution in [0, 0.1) is 0 Å². The van der Waals surface area contributed by atoms with Gasteiger partial charge in [0.25, 0.3) is 0 Å². The topological polar surface area (TPSA) is 89.5 Å². The highest BCUT2D eigenvalue weighted by molar-refractivity contribution is 7.62. The van der Waals surface area contributed by atoms with Crippen LogP contribution in [0.4, 0.5) is 0 Å². The van der Waals surface area contributed by atoms with Gasteiger partial charge in [0.15, 0.2) is 0 Å². The van der Waals surface area contributed by atoms with Crippen molar-refractivity contribution in [2.45, 2.75) is 66.2 Å². The zero-order chi connectivity index (χ0) is 27.7. The Kier molecular flexibility index (Phi) is 15.3. The van der Waals surface area contributed by atoms with Crippen molar-refractivity contribution in [3.63, 3.8) is 0 Å². The Hall–Kier alpha value is -1.66. The van der Waals surface area contributed by atoms with Gasteiger partial charge in [-0.3, -0.25) is 9.13 Å². The molecule has 0 saturated heterocycles. The predicted octanol–water partition coefficient (Wildman–Crippen LogP) is 7.27. The van der Waals surface area contributed by atoms with Gasteiger partial charge in [-0.15, -0.1) is 0 Å². The van der Waals surface area contributed by atoms with Gasteiger partial charge >= 0.3 is 15.2 Å². The van der Waals surface area contributed by atoms with Crippen LogP contribution >= 0.6 is 15.2 Å². The van der Waals surface area contributed by atoms with Crippen LogP contribution in [0.3, 0.4) is 0 Å². The number of benzene rings is 2. The molecule has 2 aromatic carbocycles. The molecule has 0 radical (unpaired) electrons. The van der Waals surface area contributed by atoms with E-state index in [0.717, 1.165) is 38.5 Å². The second-order valence-electron chi connectivity index (χ2n) is 8.42.